The van der Waals surface area contributed by atoms with E-state index in [-0.39, 0.29) is 24.8 Å². The van der Waals surface area contributed by atoms with Crippen LogP contribution in [0.5, 0.6) is 5.75 Å². The summed E-state index contributed by atoms with van der Waals surface area (Å²) in [6.07, 6.45) is 0. The van der Waals surface area contributed by atoms with Crippen molar-refractivity contribution < 1.29 is 4.74 Å². The van der Waals surface area contributed by atoms with Crippen molar-refractivity contribution in [2.45, 2.75) is 13.2 Å². The van der Waals surface area contributed by atoms with E-state index in [1.807, 2.05) is 43.4 Å². The fourth-order valence-electron chi connectivity index (χ4n) is 2.19. The maximum Gasteiger partial charge on any atom is 0.124 e. The first-order valence-corrected chi connectivity index (χ1v) is 7.85. The summed E-state index contributed by atoms with van der Waals surface area (Å²) in [7, 11) is 4.09. The highest BCUT2D eigenvalue weighted by atomic mass is 35.5. The molecule has 6 heteroatoms. The number of benzene rings is 2. The molecule has 0 aliphatic carbocycles. The average molecular weight is 392 g/mol. The van der Waals surface area contributed by atoms with Crippen LogP contribution < -0.4 is 10.1 Å². The van der Waals surface area contributed by atoms with Gasteiger partial charge in [0.1, 0.15) is 12.4 Å². The van der Waals surface area contributed by atoms with E-state index in [1.54, 1.807) is 0 Å². The third-order valence-corrected chi connectivity index (χ3v) is 3.72. The third kappa shape index (κ3) is 7.73. The van der Waals surface area contributed by atoms with E-state index in [4.69, 9.17) is 16.3 Å². The number of hydrogen-bond acceptors (Lipinski definition) is 3. The van der Waals surface area contributed by atoms with E-state index in [9.17, 15) is 0 Å². The largest absolute Gasteiger partial charge is 0.489 e. The van der Waals surface area contributed by atoms with Gasteiger partial charge in [0.2, 0.25) is 0 Å². The number of ether oxygens (including phenoxy) is 1. The molecule has 3 nitrogen and oxygen atoms in total. The molecule has 0 radical (unpaired) electrons. The summed E-state index contributed by atoms with van der Waals surface area (Å²) in [5.41, 5.74) is 2.32. The SMILES string of the molecule is CNCCN(C)Cc1ccccc1OCc1ccc(Cl)cc1.Cl.Cl. The van der Waals surface area contributed by atoms with Crippen molar-refractivity contribution in [1.29, 1.82) is 0 Å². The summed E-state index contributed by atoms with van der Waals surface area (Å²) < 4.78 is 5.98. The van der Waals surface area contributed by atoms with E-state index in [0.717, 1.165) is 36.0 Å². The lowest BCUT2D eigenvalue weighted by molar-refractivity contribution is 0.285. The monoisotopic (exact) mass is 390 g/mol. The summed E-state index contributed by atoms with van der Waals surface area (Å²) in [5, 5.41) is 3.91. The molecule has 0 saturated heterocycles. The standard InChI is InChI=1S/C18H23ClN2O.2ClH/c1-20-11-12-21(2)13-16-5-3-4-6-18(16)22-14-15-7-9-17(19)10-8-15;;/h3-10,20H,11-14H2,1-2H3;2*1H. The molecule has 2 aromatic rings. The van der Waals surface area contributed by atoms with Crippen LogP contribution in [-0.2, 0) is 13.2 Å². The molecule has 0 unspecified atom stereocenters. The van der Waals surface area contributed by atoms with Gasteiger partial charge in [-0.2, -0.15) is 0 Å². The molecule has 0 bridgehead atoms. The predicted octanol–water partition coefficient (Wildman–Crippen LogP) is 4.41. The van der Waals surface area contributed by atoms with Crippen LogP contribution in [-0.4, -0.2) is 32.1 Å². The minimum Gasteiger partial charge on any atom is -0.489 e. The van der Waals surface area contributed by atoms with Crippen molar-refractivity contribution in [2.75, 3.05) is 27.2 Å². The van der Waals surface area contributed by atoms with Gasteiger partial charge >= 0.3 is 0 Å². The van der Waals surface area contributed by atoms with Gasteiger partial charge in [-0.25, -0.2) is 0 Å². The first-order chi connectivity index (χ1) is 10.7. The Labute approximate surface area is 162 Å². The van der Waals surface area contributed by atoms with Crippen LogP contribution in [0.1, 0.15) is 11.1 Å². The molecule has 2 rings (SSSR count). The van der Waals surface area contributed by atoms with Crippen molar-refractivity contribution in [3.05, 3.63) is 64.7 Å². The van der Waals surface area contributed by atoms with E-state index in [1.165, 1.54) is 5.56 Å². The van der Waals surface area contributed by atoms with Crippen LogP contribution in [0.2, 0.25) is 5.02 Å². The van der Waals surface area contributed by atoms with Crippen LogP contribution >= 0.6 is 36.4 Å². The average Bonchev–Trinajstić information content (AvgIpc) is 2.53. The molecular weight excluding hydrogens is 367 g/mol. The Balaban J connectivity index is 0.00000264. The Morgan fingerprint density at radius 1 is 1.04 bits per heavy atom. The maximum absolute atomic E-state index is 5.98. The molecule has 0 spiro atoms. The minimum atomic E-state index is 0. The van der Waals surface area contributed by atoms with E-state index >= 15 is 0 Å². The highest BCUT2D eigenvalue weighted by Gasteiger charge is 2.06. The van der Waals surface area contributed by atoms with Gasteiger partial charge in [-0.3, -0.25) is 0 Å². The number of nitrogens with one attached hydrogen (secondary N) is 1. The first kappa shape index (κ1) is 23.0. The Bertz CT molecular complexity index is 579. The summed E-state index contributed by atoms with van der Waals surface area (Å²) >= 11 is 5.90. The zero-order valence-electron chi connectivity index (χ0n) is 14.0. The summed E-state index contributed by atoms with van der Waals surface area (Å²) in [5.74, 6) is 0.939. The van der Waals surface area contributed by atoms with Crippen molar-refractivity contribution in [1.82, 2.24) is 10.2 Å². The van der Waals surface area contributed by atoms with Crippen LogP contribution in [0.15, 0.2) is 48.5 Å². The lowest BCUT2D eigenvalue weighted by Gasteiger charge is -2.19. The van der Waals surface area contributed by atoms with Crippen molar-refractivity contribution >= 4 is 36.4 Å². The Morgan fingerprint density at radius 2 is 1.71 bits per heavy atom. The van der Waals surface area contributed by atoms with Crippen molar-refractivity contribution in [2.24, 2.45) is 0 Å². The minimum absolute atomic E-state index is 0. The van der Waals surface area contributed by atoms with Crippen LogP contribution in [0.4, 0.5) is 0 Å². The summed E-state index contributed by atoms with van der Waals surface area (Å²) in [6.45, 7) is 3.40. The zero-order chi connectivity index (χ0) is 15.8. The molecule has 0 saturated carbocycles. The zero-order valence-corrected chi connectivity index (χ0v) is 16.4. The quantitative estimate of drug-likeness (QED) is 0.721. The maximum atomic E-state index is 5.98. The molecule has 0 aromatic heterocycles. The van der Waals surface area contributed by atoms with Gasteiger partial charge in [-0.1, -0.05) is 41.9 Å². The molecule has 0 atom stereocenters. The van der Waals surface area contributed by atoms with Crippen LogP contribution in [0, 0.1) is 0 Å². The molecule has 24 heavy (non-hydrogen) atoms. The topological polar surface area (TPSA) is 24.5 Å². The summed E-state index contributed by atoms with van der Waals surface area (Å²) in [6, 6.07) is 16.0. The number of halogens is 3. The van der Waals surface area contributed by atoms with Gasteiger partial charge in [0.15, 0.2) is 0 Å². The molecule has 0 aliphatic heterocycles. The predicted molar refractivity (Wildman–Crippen MR) is 107 cm³/mol. The Hall–Kier alpha value is -0.970. The molecular formula is C18H25Cl3N2O. The second-order valence-electron chi connectivity index (χ2n) is 5.36. The number of likely N-dealkylation sites (N-methyl/N-ethyl adjacent to an activating group) is 2. The second-order valence-corrected chi connectivity index (χ2v) is 5.80. The van der Waals surface area contributed by atoms with Gasteiger partial charge in [0.25, 0.3) is 0 Å². The fourth-order valence-corrected chi connectivity index (χ4v) is 2.32. The lowest BCUT2D eigenvalue weighted by Crippen LogP contribution is -2.27. The van der Waals surface area contributed by atoms with Gasteiger partial charge < -0.3 is 15.0 Å². The normalized spacial score (nSPS) is 10.0. The molecule has 0 aliphatic rings. The number of nitrogens with zero attached hydrogens (tertiary/aromatic N) is 1. The molecule has 0 heterocycles. The smallest absolute Gasteiger partial charge is 0.124 e. The third-order valence-electron chi connectivity index (χ3n) is 3.46. The fraction of sp³-hybridized carbons (Fsp3) is 0.333. The van der Waals surface area contributed by atoms with Gasteiger partial charge in [-0.15, -0.1) is 24.8 Å². The van der Waals surface area contributed by atoms with Gasteiger partial charge in [0.05, 0.1) is 0 Å². The highest BCUT2D eigenvalue weighted by Crippen LogP contribution is 2.21. The highest BCUT2D eigenvalue weighted by molar-refractivity contribution is 6.30. The van der Waals surface area contributed by atoms with Gasteiger partial charge in [-0.05, 0) is 37.9 Å². The molecule has 2 aromatic carbocycles. The number of rotatable bonds is 8. The van der Waals surface area contributed by atoms with E-state index in [0.29, 0.717) is 6.61 Å². The summed E-state index contributed by atoms with van der Waals surface area (Å²) in [4.78, 5) is 2.28. The molecule has 134 valence electrons. The van der Waals surface area contributed by atoms with E-state index in [2.05, 4.69) is 29.4 Å². The molecule has 0 amide bonds. The molecule has 0 fully saturated rings. The van der Waals surface area contributed by atoms with E-state index < -0.39 is 0 Å². The number of hydrogen-bond donors (Lipinski definition) is 1. The molecule has 1 N–H and O–H groups in total. The number of para-hydroxylation sites is 1. The Morgan fingerprint density at radius 3 is 2.38 bits per heavy atom. The van der Waals surface area contributed by atoms with Crippen molar-refractivity contribution in [3.63, 3.8) is 0 Å². The Kier molecular flexibility index (Phi) is 11.9. The van der Waals surface area contributed by atoms with Crippen LogP contribution in [0.25, 0.3) is 0 Å². The first-order valence-electron chi connectivity index (χ1n) is 7.47. The lowest BCUT2D eigenvalue weighted by atomic mass is 10.2. The second kappa shape index (κ2) is 12.4. The van der Waals surface area contributed by atoms with Crippen LogP contribution in [0.3, 0.4) is 0 Å². The van der Waals surface area contributed by atoms with Crippen molar-refractivity contribution in [3.8, 4) is 5.75 Å². The van der Waals surface area contributed by atoms with Gasteiger partial charge in [0, 0.05) is 30.2 Å².